The number of amides is 4. The average Bonchev–Trinajstić information content (AvgIpc) is 3.38. The van der Waals surface area contributed by atoms with E-state index in [4.69, 9.17) is 0 Å². The van der Waals surface area contributed by atoms with Crippen LogP contribution in [-0.2, 0) is 16.8 Å². The molecule has 1 aromatic heterocycles. The van der Waals surface area contributed by atoms with Crippen molar-refractivity contribution in [2.24, 2.45) is 0 Å². The number of nitrogens with zero attached hydrogens (tertiary/aromatic N) is 2. The summed E-state index contributed by atoms with van der Waals surface area (Å²) in [5.74, 6) is -0.364. The van der Waals surface area contributed by atoms with Crippen LogP contribution in [0.4, 0.5) is 16.2 Å². The summed E-state index contributed by atoms with van der Waals surface area (Å²) < 4.78 is 0. The van der Waals surface area contributed by atoms with Crippen molar-refractivity contribution in [3.05, 3.63) is 95.2 Å². The minimum absolute atomic E-state index is 0.262. The molecule has 2 aliphatic heterocycles. The summed E-state index contributed by atoms with van der Waals surface area (Å²) >= 11 is 0. The van der Waals surface area contributed by atoms with Crippen LogP contribution in [0.1, 0.15) is 53.9 Å². The molecule has 0 radical (unpaired) electrons. The molecule has 1 saturated heterocycles. The molecule has 186 valence electrons. The van der Waals surface area contributed by atoms with Gasteiger partial charge in [0.25, 0.3) is 11.8 Å². The van der Waals surface area contributed by atoms with Crippen LogP contribution >= 0.6 is 0 Å². The first-order valence-electron chi connectivity index (χ1n) is 12.6. The molecule has 7 heteroatoms. The van der Waals surface area contributed by atoms with Crippen molar-refractivity contribution < 1.29 is 14.4 Å². The van der Waals surface area contributed by atoms with Gasteiger partial charge in [-0.3, -0.25) is 9.59 Å². The van der Waals surface area contributed by atoms with E-state index in [2.05, 4.69) is 24.1 Å². The van der Waals surface area contributed by atoms with Crippen molar-refractivity contribution in [1.29, 1.82) is 0 Å². The SMILES string of the molecule is CC(C)c1ccc(NC(=O)c2ccccc2N2C(=O)N3CCc4c([nH]c5ccccc45)[C@@]3(C)C2=O)cc1. The van der Waals surface area contributed by atoms with Crippen LogP contribution < -0.4 is 10.2 Å². The van der Waals surface area contributed by atoms with Gasteiger partial charge >= 0.3 is 6.03 Å². The zero-order valence-corrected chi connectivity index (χ0v) is 21.0. The largest absolute Gasteiger partial charge is 0.356 e. The molecule has 0 unspecified atom stereocenters. The predicted molar refractivity (Wildman–Crippen MR) is 144 cm³/mol. The molecule has 4 amide bonds. The van der Waals surface area contributed by atoms with E-state index in [1.165, 1.54) is 5.56 Å². The molecule has 0 saturated carbocycles. The lowest BCUT2D eigenvalue weighted by Gasteiger charge is -2.35. The van der Waals surface area contributed by atoms with E-state index in [0.717, 1.165) is 27.1 Å². The minimum Gasteiger partial charge on any atom is -0.356 e. The van der Waals surface area contributed by atoms with Gasteiger partial charge in [0.2, 0.25) is 0 Å². The Balaban J connectivity index is 1.37. The Hall–Kier alpha value is -4.39. The van der Waals surface area contributed by atoms with Crippen LogP contribution in [0.3, 0.4) is 0 Å². The van der Waals surface area contributed by atoms with E-state index in [0.29, 0.717) is 24.6 Å². The number of benzene rings is 3. The van der Waals surface area contributed by atoms with Gasteiger partial charge in [-0.1, -0.05) is 56.3 Å². The Morgan fingerprint density at radius 1 is 0.973 bits per heavy atom. The van der Waals surface area contributed by atoms with Gasteiger partial charge in [-0.25, -0.2) is 9.69 Å². The maximum absolute atomic E-state index is 14.1. The maximum Gasteiger partial charge on any atom is 0.332 e. The molecule has 3 heterocycles. The van der Waals surface area contributed by atoms with Gasteiger partial charge in [0.15, 0.2) is 5.54 Å². The number of imide groups is 1. The predicted octanol–water partition coefficient (Wildman–Crippen LogP) is 5.78. The molecule has 1 atom stereocenters. The fourth-order valence-corrected chi connectivity index (χ4v) is 5.61. The first-order chi connectivity index (χ1) is 17.8. The summed E-state index contributed by atoms with van der Waals surface area (Å²) in [6, 6.07) is 22.0. The second-order valence-electron chi connectivity index (χ2n) is 10.2. The third-order valence-electron chi connectivity index (χ3n) is 7.69. The van der Waals surface area contributed by atoms with Gasteiger partial charge in [-0.2, -0.15) is 0 Å². The fraction of sp³-hybridized carbons (Fsp3) is 0.233. The summed E-state index contributed by atoms with van der Waals surface area (Å²) in [4.78, 5) is 47.3. The number of para-hydroxylation sites is 2. The molecule has 0 bridgehead atoms. The van der Waals surface area contributed by atoms with Crippen LogP contribution in [-0.4, -0.2) is 34.3 Å². The van der Waals surface area contributed by atoms with Crippen molar-refractivity contribution in [3.8, 4) is 0 Å². The van der Waals surface area contributed by atoms with Crippen LogP contribution in [0.15, 0.2) is 72.8 Å². The number of aromatic nitrogens is 1. The first-order valence-corrected chi connectivity index (χ1v) is 12.6. The van der Waals surface area contributed by atoms with E-state index in [9.17, 15) is 14.4 Å². The molecular weight excluding hydrogens is 464 g/mol. The van der Waals surface area contributed by atoms with Crippen molar-refractivity contribution in [3.63, 3.8) is 0 Å². The van der Waals surface area contributed by atoms with E-state index < -0.39 is 11.6 Å². The Labute approximate surface area is 215 Å². The molecule has 1 fully saturated rings. The van der Waals surface area contributed by atoms with E-state index in [1.807, 2.05) is 48.5 Å². The monoisotopic (exact) mass is 492 g/mol. The number of urea groups is 1. The van der Waals surface area contributed by atoms with Crippen LogP contribution in [0.5, 0.6) is 0 Å². The Morgan fingerprint density at radius 3 is 2.43 bits per heavy atom. The quantitative estimate of drug-likeness (QED) is 0.354. The number of anilines is 2. The minimum atomic E-state index is -1.18. The number of hydrogen-bond acceptors (Lipinski definition) is 3. The highest BCUT2D eigenvalue weighted by Gasteiger charge is 2.59. The smallest absolute Gasteiger partial charge is 0.332 e. The second-order valence-corrected chi connectivity index (χ2v) is 10.2. The van der Waals surface area contributed by atoms with Crippen molar-refractivity contribution in [2.75, 3.05) is 16.8 Å². The number of nitrogens with one attached hydrogen (secondary N) is 2. The number of H-pyrrole nitrogens is 1. The third-order valence-corrected chi connectivity index (χ3v) is 7.69. The second kappa shape index (κ2) is 8.34. The molecule has 3 aromatic carbocycles. The number of fused-ring (bicyclic) bond motifs is 5. The van der Waals surface area contributed by atoms with Gasteiger partial charge in [-0.15, -0.1) is 0 Å². The molecule has 0 aliphatic carbocycles. The molecule has 2 N–H and O–H groups in total. The van der Waals surface area contributed by atoms with Crippen molar-refractivity contribution in [2.45, 2.75) is 38.6 Å². The zero-order valence-electron chi connectivity index (χ0n) is 21.0. The summed E-state index contributed by atoms with van der Waals surface area (Å²) in [7, 11) is 0. The molecule has 2 aliphatic rings. The van der Waals surface area contributed by atoms with E-state index in [1.54, 1.807) is 36.1 Å². The van der Waals surface area contributed by atoms with Gasteiger partial charge < -0.3 is 15.2 Å². The number of rotatable bonds is 4. The standard InChI is InChI=1S/C30H28N4O3/c1-18(2)19-12-14-20(15-13-19)31-27(35)23-9-5-7-11-25(23)34-28(36)30(3)26-22(16-17-33(30)29(34)37)21-8-4-6-10-24(21)32-26/h4-15,18,32H,16-17H2,1-3H3,(H,31,35)/t30-/m0/s1. The molecule has 0 spiro atoms. The Bertz CT molecular complexity index is 1570. The van der Waals surface area contributed by atoms with Crippen molar-refractivity contribution in [1.82, 2.24) is 9.88 Å². The Morgan fingerprint density at radius 2 is 1.68 bits per heavy atom. The lowest BCUT2D eigenvalue weighted by molar-refractivity contribution is -0.125. The summed E-state index contributed by atoms with van der Waals surface area (Å²) in [5, 5.41) is 3.99. The highest BCUT2D eigenvalue weighted by Crippen LogP contribution is 2.45. The van der Waals surface area contributed by atoms with Gasteiger partial charge in [0, 0.05) is 23.1 Å². The number of aromatic amines is 1. The lowest BCUT2D eigenvalue weighted by Crippen LogP contribution is -2.49. The van der Waals surface area contributed by atoms with Crippen LogP contribution in [0.25, 0.3) is 10.9 Å². The fourth-order valence-electron chi connectivity index (χ4n) is 5.61. The van der Waals surface area contributed by atoms with Gasteiger partial charge in [-0.05, 0) is 60.7 Å². The molecule has 37 heavy (non-hydrogen) atoms. The Kier molecular flexibility index (Phi) is 5.19. The van der Waals surface area contributed by atoms with Gasteiger partial charge in [0.05, 0.1) is 16.9 Å². The molecule has 7 nitrogen and oxygen atoms in total. The number of carbonyl (C=O) groups is 3. The lowest BCUT2D eigenvalue weighted by atomic mass is 9.87. The van der Waals surface area contributed by atoms with E-state index >= 15 is 0 Å². The summed E-state index contributed by atoms with van der Waals surface area (Å²) in [6.45, 7) is 6.43. The van der Waals surface area contributed by atoms with Crippen LogP contribution in [0, 0.1) is 0 Å². The normalized spacial score (nSPS) is 18.9. The zero-order chi connectivity index (χ0) is 25.9. The first kappa shape index (κ1) is 23.0. The summed E-state index contributed by atoms with van der Waals surface area (Å²) in [5.41, 5.74) is 3.93. The highest BCUT2D eigenvalue weighted by atomic mass is 16.2. The van der Waals surface area contributed by atoms with Crippen molar-refractivity contribution >= 4 is 40.1 Å². The summed E-state index contributed by atoms with van der Waals surface area (Å²) in [6.07, 6.45) is 0.649. The van der Waals surface area contributed by atoms with Crippen LogP contribution in [0.2, 0.25) is 0 Å². The number of hydrogen-bond donors (Lipinski definition) is 2. The molecular formula is C30H28N4O3. The number of carbonyl (C=O) groups excluding carboxylic acids is 3. The maximum atomic E-state index is 14.1. The van der Waals surface area contributed by atoms with E-state index in [-0.39, 0.29) is 23.1 Å². The van der Waals surface area contributed by atoms with Gasteiger partial charge in [0.1, 0.15) is 0 Å². The average molecular weight is 493 g/mol. The molecule has 6 rings (SSSR count). The highest BCUT2D eigenvalue weighted by molar-refractivity contribution is 6.26. The molecule has 4 aromatic rings. The third kappa shape index (κ3) is 3.38. The topological polar surface area (TPSA) is 85.5 Å².